The molecule has 1 aliphatic carbocycles. The Balaban J connectivity index is 2.31. The van der Waals surface area contributed by atoms with Crippen molar-refractivity contribution in [1.82, 2.24) is 10.6 Å². The van der Waals surface area contributed by atoms with Gasteiger partial charge in [-0.2, -0.15) is 0 Å². The Hall–Kier alpha value is -1.26. The van der Waals surface area contributed by atoms with Crippen LogP contribution in [-0.2, 0) is 4.79 Å². The van der Waals surface area contributed by atoms with Gasteiger partial charge in [-0.05, 0) is 39.5 Å². The smallest absolute Gasteiger partial charge is 0.404 e. The second kappa shape index (κ2) is 5.72. The molecule has 0 aliphatic heterocycles. The van der Waals surface area contributed by atoms with Crippen LogP contribution in [0.1, 0.15) is 39.5 Å². The maximum Gasteiger partial charge on any atom is 0.404 e. The fourth-order valence-electron chi connectivity index (χ4n) is 2.08. The van der Waals surface area contributed by atoms with Crippen molar-refractivity contribution in [2.75, 3.05) is 0 Å². The van der Waals surface area contributed by atoms with Crippen molar-refractivity contribution in [1.29, 1.82) is 0 Å². The van der Waals surface area contributed by atoms with Crippen LogP contribution in [0.2, 0.25) is 0 Å². The molecule has 2 amide bonds. The van der Waals surface area contributed by atoms with Gasteiger partial charge in [0.2, 0.25) is 5.91 Å². The molecule has 92 valence electrons. The predicted molar refractivity (Wildman–Crippen MR) is 60.2 cm³/mol. The highest BCUT2D eigenvalue weighted by atomic mass is 16.4. The van der Waals surface area contributed by atoms with Gasteiger partial charge < -0.3 is 15.7 Å². The lowest BCUT2D eigenvalue weighted by Crippen LogP contribution is -2.41. The first kappa shape index (κ1) is 12.8. The van der Waals surface area contributed by atoms with Gasteiger partial charge in [0.1, 0.15) is 0 Å². The van der Waals surface area contributed by atoms with Crippen molar-refractivity contribution in [2.24, 2.45) is 5.92 Å². The summed E-state index contributed by atoms with van der Waals surface area (Å²) in [7, 11) is 0. The van der Waals surface area contributed by atoms with Gasteiger partial charge >= 0.3 is 6.09 Å². The van der Waals surface area contributed by atoms with Crippen LogP contribution >= 0.6 is 0 Å². The zero-order valence-electron chi connectivity index (χ0n) is 9.82. The van der Waals surface area contributed by atoms with Crippen molar-refractivity contribution >= 4 is 12.0 Å². The molecule has 1 saturated carbocycles. The third kappa shape index (κ3) is 4.08. The fraction of sp³-hybridized carbons (Fsp3) is 0.818. The fourth-order valence-corrected chi connectivity index (χ4v) is 2.08. The zero-order chi connectivity index (χ0) is 12.1. The van der Waals surface area contributed by atoms with Gasteiger partial charge in [-0.25, -0.2) is 4.79 Å². The molecule has 5 heteroatoms. The summed E-state index contributed by atoms with van der Waals surface area (Å²) >= 11 is 0. The minimum atomic E-state index is -0.977. The minimum Gasteiger partial charge on any atom is -0.465 e. The molecule has 0 aromatic heterocycles. The second-order valence-electron chi connectivity index (χ2n) is 4.66. The molecule has 1 rings (SSSR count). The number of amides is 2. The average Bonchev–Trinajstić information content (AvgIpc) is 2.16. The van der Waals surface area contributed by atoms with Gasteiger partial charge in [0.15, 0.2) is 0 Å². The maximum absolute atomic E-state index is 11.7. The van der Waals surface area contributed by atoms with E-state index in [2.05, 4.69) is 10.6 Å². The summed E-state index contributed by atoms with van der Waals surface area (Å²) in [4.78, 5) is 22.1. The van der Waals surface area contributed by atoms with Crippen molar-refractivity contribution in [3.05, 3.63) is 0 Å². The molecule has 1 fully saturated rings. The molecule has 1 aliphatic rings. The number of hydrogen-bond donors (Lipinski definition) is 3. The van der Waals surface area contributed by atoms with E-state index in [1.165, 1.54) is 0 Å². The van der Waals surface area contributed by atoms with Gasteiger partial charge in [-0.1, -0.05) is 0 Å². The van der Waals surface area contributed by atoms with Crippen LogP contribution in [0.25, 0.3) is 0 Å². The number of carboxylic acid groups (broad SMARTS) is 1. The first-order chi connectivity index (χ1) is 7.49. The standard InChI is InChI=1S/C11H20N2O3/c1-7(2)12-10(14)8-3-5-9(6-4-8)13-11(15)16/h7-9,13H,3-6H2,1-2H3,(H,12,14)(H,15,16)/t8-,9+. The normalized spacial score (nSPS) is 25.2. The molecule has 0 heterocycles. The molecule has 3 N–H and O–H groups in total. The molecular weight excluding hydrogens is 208 g/mol. The van der Waals surface area contributed by atoms with Crippen molar-refractivity contribution in [3.63, 3.8) is 0 Å². The molecule has 0 aromatic carbocycles. The van der Waals surface area contributed by atoms with Crippen molar-refractivity contribution in [3.8, 4) is 0 Å². The summed E-state index contributed by atoms with van der Waals surface area (Å²) in [6, 6.07) is 0.183. The van der Waals surface area contributed by atoms with Crippen LogP contribution in [0.15, 0.2) is 0 Å². The van der Waals surface area contributed by atoms with Crippen LogP contribution in [0.3, 0.4) is 0 Å². The third-order valence-electron chi connectivity index (χ3n) is 2.86. The summed E-state index contributed by atoms with van der Waals surface area (Å²) in [5.41, 5.74) is 0. The second-order valence-corrected chi connectivity index (χ2v) is 4.66. The van der Waals surface area contributed by atoms with E-state index in [-0.39, 0.29) is 23.9 Å². The van der Waals surface area contributed by atoms with E-state index >= 15 is 0 Å². The highest BCUT2D eigenvalue weighted by Gasteiger charge is 2.27. The number of rotatable bonds is 3. The summed E-state index contributed by atoms with van der Waals surface area (Å²) in [5, 5.41) is 13.9. The van der Waals surface area contributed by atoms with E-state index in [4.69, 9.17) is 5.11 Å². The Labute approximate surface area is 95.6 Å². The topological polar surface area (TPSA) is 78.4 Å². The SMILES string of the molecule is CC(C)NC(=O)[C@H]1CC[C@@H](NC(=O)O)CC1. The lowest BCUT2D eigenvalue weighted by molar-refractivity contribution is -0.126. The van der Waals surface area contributed by atoms with Gasteiger partial charge in [0, 0.05) is 18.0 Å². The van der Waals surface area contributed by atoms with Gasteiger partial charge in [0.05, 0.1) is 0 Å². The maximum atomic E-state index is 11.7. The molecule has 0 bridgehead atoms. The molecule has 0 unspecified atom stereocenters. The first-order valence-corrected chi connectivity index (χ1v) is 5.79. The zero-order valence-corrected chi connectivity index (χ0v) is 9.82. The number of carbonyl (C=O) groups excluding carboxylic acids is 1. The number of carbonyl (C=O) groups is 2. The first-order valence-electron chi connectivity index (χ1n) is 5.79. The Kier molecular flexibility index (Phi) is 4.58. The molecular formula is C11H20N2O3. The van der Waals surface area contributed by atoms with E-state index in [0.717, 1.165) is 25.7 Å². The quantitative estimate of drug-likeness (QED) is 0.682. The van der Waals surface area contributed by atoms with Crippen LogP contribution in [0.5, 0.6) is 0 Å². The summed E-state index contributed by atoms with van der Waals surface area (Å²) < 4.78 is 0. The monoisotopic (exact) mass is 228 g/mol. The van der Waals surface area contributed by atoms with Crippen LogP contribution in [0.4, 0.5) is 4.79 Å². The van der Waals surface area contributed by atoms with Gasteiger partial charge in [0.25, 0.3) is 0 Å². The molecule has 0 saturated heterocycles. The van der Waals surface area contributed by atoms with E-state index in [9.17, 15) is 9.59 Å². The van der Waals surface area contributed by atoms with Crippen LogP contribution < -0.4 is 10.6 Å². The van der Waals surface area contributed by atoms with Gasteiger partial charge in [-0.15, -0.1) is 0 Å². The lowest BCUT2D eigenvalue weighted by atomic mass is 9.85. The van der Waals surface area contributed by atoms with Crippen molar-refractivity contribution in [2.45, 2.75) is 51.6 Å². The molecule has 0 radical (unpaired) electrons. The number of hydrogen-bond acceptors (Lipinski definition) is 2. The summed E-state index contributed by atoms with van der Waals surface area (Å²) in [6.07, 6.45) is 2.06. The van der Waals surface area contributed by atoms with E-state index in [1.54, 1.807) is 0 Å². The highest BCUT2D eigenvalue weighted by molar-refractivity contribution is 5.79. The van der Waals surface area contributed by atoms with Crippen molar-refractivity contribution < 1.29 is 14.7 Å². The van der Waals surface area contributed by atoms with Crippen LogP contribution in [0, 0.1) is 5.92 Å². The Bertz CT molecular complexity index is 258. The predicted octanol–water partition coefficient (Wildman–Crippen LogP) is 1.34. The van der Waals surface area contributed by atoms with Gasteiger partial charge in [-0.3, -0.25) is 4.79 Å². The molecule has 16 heavy (non-hydrogen) atoms. The summed E-state index contributed by atoms with van der Waals surface area (Å²) in [5.74, 6) is 0.151. The number of nitrogens with one attached hydrogen (secondary N) is 2. The molecule has 5 nitrogen and oxygen atoms in total. The third-order valence-corrected chi connectivity index (χ3v) is 2.86. The minimum absolute atomic E-state index is 0.0144. The molecule has 0 spiro atoms. The van der Waals surface area contributed by atoms with E-state index in [0.29, 0.717) is 0 Å². The van der Waals surface area contributed by atoms with E-state index < -0.39 is 6.09 Å². The molecule has 0 atom stereocenters. The Morgan fingerprint density at radius 2 is 1.75 bits per heavy atom. The average molecular weight is 228 g/mol. The van der Waals surface area contributed by atoms with Crippen LogP contribution in [-0.4, -0.2) is 29.2 Å². The lowest BCUT2D eigenvalue weighted by Gasteiger charge is -2.28. The summed E-state index contributed by atoms with van der Waals surface area (Å²) in [6.45, 7) is 3.88. The Morgan fingerprint density at radius 3 is 2.19 bits per heavy atom. The largest absolute Gasteiger partial charge is 0.465 e. The highest BCUT2D eigenvalue weighted by Crippen LogP contribution is 2.24. The Morgan fingerprint density at radius 1 is 1.19 bits per heavy atom. The molecule has 0 aromatic rings. The van der Waals surface area contributed by atoms with E-state index in [1.807, 2.05) is 13.8 Å².